The molecule has 1 N–H and O–H groups in total. The standard InChI is InChI=1S/C22H21N3O2/c26-21-19(17-8-3-1-4-9-17)20(18-10-5-2-6-11-18)25(22(21)27)14-7-13-24-15-12-23-16-24/h1-6,8-12,15-16,20,26H,7,13-14H2. The molecule has 0 fully saturated rings. The van der Waals surface area contributed by atoms with Gasteiger partial charge in [0.25, 0.3) is 5.91 Å². The van der Waals surface area contributed by atoms with Crippen LogP contribution in [0.1, 0.15) is 23.6 Å². The highest BCUT2D eigenvalue weighted by Gasteiger charge is 2.40. The van der Waals surface area contributed by atoms with Crippen molar-refractivity contribution >= 4 is 11.5 Å². The number of hydrogen-bond acceptors (Lipinski definition) is 3. The maximum Gasteiger partial charge on any atom is 0.289 e. The maximum absolute atomic E-state index is 12.9. The number of amides is 1. The molecule has 1 atom stereocenters. The number of benzene rings is 2. The number of nitrogens with zero attached hydrogens (tertiary/aromatic N) is 3. The summed E-state index contributed by atoms with van der Waals surface area (Å²) in [7, 11) is 0. The number of imidazole rings is 1. The zero-order chi connectivity index (χ0) is 18.6. The second-order valence-electron chi connectivity index (χ2n) is 6.59. The highest BCUT2D eigenvalue weighted by Crippen LogP contribution is 2.42. The van der Waals surface area contributed by atoms with Gasteiger partial charge in [0, 0.05) is 31.1 Å². The molecule has 0 saturated carbocycles. The topological polar surface area (TPSA) is 58.4 Å². The van der Waals surface area contributed by atoms with E-state index in [-0.39, 0.29) is 17.7 Å². The van der Waals surface area contributed by atoms with E-state index in [0.29, 0.717) is 12.1 Å². The SMILES string of the molecule is O=C1C(O)=C(c2ccccc2)C(c2ccccc2)N1CCCn1ccnc1. The Morgan fingerprint density at radius 1 is 0.963 bits per heavy atom. The molecule has 0 bridgehead atoms. The summed E-state index contributed by atoms with van der Waals surface area (Å²) in [5, 5.41) is 10.7. The molecular formula is C22H21N3O2. The van der Waals surface area contributed by atoms with Crippen molar-refractivity contribution in [2.45, 2.75) is 19.0 Å². The van der Waals surface area contributed by atoms with Gasteiger partial charge in [0.1, 0.15) is 0 Å². The molecular weight excluding hydrogens is 338 g/mol. The summed E-state index contributed by atoms with van der Waals surface area (Å²) in [5.74, 6) is -0.467. The Morgan fingerprint density at radius 3 is 2.33 bits per heavy atom. The minimum atomic E-state index is -0.312. The van der Waals surface area contributed by atoms with Gasteiger partial charge < -0.3 is 14.6 Å². The Bertz CT molecular complexity index is 934. The first-order valence-electron chi connectivity index (χ1n) is 9.06. The summed E-state index contributed by atoms with van der Waals surface area (Å²) in [6.07, 6.45) is 6.20. The van der Waals surface area contributed by atoms with Gasteiger partial charge in [-0.3, -0.25) is 4.79 Å². The molecule has 1 aromatic heterocycles. The molecule has 0 radical (unpaired) electrons. The Labute approximate surface area is 158 Å². The zero-order valence-corrected chi connectivity index (χ0v) is 14.9. The lowest BCUT2D eigenvalue weighted by Gasteiger charge is -2.27. The molecule has 1 aliphatic heterocycles. The lowest BCUT2D eigenvalue weighted by molar-refractivity contribution is -0.129. The minimum Gasteiger partial charge on any atom is -0.503 e. The van der Waals surface area contributed by atoms with Gasteiger partial charge in [-0.05, 0) is 17.5 Å². The van der Waals surface area contributed by atoms with Gasteiger partial charge in [-0.25, -0.2) is 4.98 Å². The van der Waals surface area contributed by atoms with Crippen molar-refractivity contribution in [1.82, 2.24) is 14.5 Å². The average molecular weight is 359 g/mol. The van der Waals surface area contributed by atoms with Crippen LogP contribution in [-0.2, 0) is 11.3 Å². The van der Waals surface area contributed by atoms with Crippen molar-refractivity contribution in [3.05, 3.63) is 96.3 Å². The van der Waals surface area contributed by atoms with Gasteiger partial charge in [-0.1, -0.05) is 60.7 Å². The van der Waals surface area contributed by atoms with Crippen LogP contribution in [0.25, 0.3) is 5.57 Å². The van der Waals surface area contributed by atoms with Crippen molar-refractivity contribution < 1.29 is 9.90 Å². The fourth-order valence-corrected chi connectivity index (χ4v) is 3.62. The van der Waals surface area contributed by atoms with Crippen LogP contribution < -0.4 is 0 Å². The molecule has 1 aliphatic rings. The summed E-state index contributed by atoms with van der Waals surface area (Å²) in [6.45, 7) is 1.32. The van der Waals surface area contributed by atoms with E-state index in [0.717, 1.165) is 24.1 Å². The Morgan fingerprint density at radius 2 is 1.67 bits per heavy atom. The van der Waals surface area contributed by atoms with E-state index in [1.807, 2.05) is 71.4 Å². The monoisotopic (exact) mass is 359 g/mol. The van der Waals surface area contributed by atoms with Gasteiger partial charge in [0.2, 0.25) is 0 Å². The molecule has 4 rings (SSSR count). The van der Waals surface area contributed by atoms with Crippen LogP contribution in [0.5, 0.6) is 0 Å². The number of rotatable bonds is 6. The second-order valence-corrected chi connectivity index (χ2v) is 6.59. The predicted octanol–water partition coefficient (Wildman–Crippen LogP) is 3.83. The van der Waals surface area contributed by atoms with Crippen LogP contribution in [0.2, 0.25) is 0 Å². The molecule has 0 saturated heterocycles. The van der Waals surface area contributed by atoms with E-state index < -0.39 is 0 Å². The molecule has 5 nitrogen and oxygen atoms in total. The Balaban J connectivity index is 1.65. The number of aliphatic hydroxyl groups excluding tert-OH is 1. The quantitative estimate of drug-likeness (QED) is 0.728. The molecule has 2 heterocycles. The Kier molecular flexibility index (Phi) is 4.75. The first-order valence-corrected chi connectivity index (χ1v) is 9.06. The molecule has 0 aliphatic carbocycles. The lowest BCUT2D eigenvalue weighted by Crippen LogP contribution is -2.31. The molecule has 27 heavy (non-hydrogen) atoms. The number of carbonyl (C=O) groups excluding carboxylic acids is 1. The zero-order valence-electron chi connectivity index (χ0n) is 14.9. The van der Waals surface area contributed by atoms with E-state index in [4.69, 9.17) is 0 Å². The summed E-state index contributed by atoms with van der Waals surface area (Å²) in [6, 6.07) is 19.2. The first-order chi connectivity index (χ1) is 13.3. The number of aliphatic hydroxyl groups is 1. The van der Waals surface area contributed by atoms with Crippen LogP contribution >= 0.6 is 0 Å². The fraction of sp³-hybridized carbons (Fsp3) is 0.182. The third-order valence-corrected chi connectivity index (χ3v) is 4.88. The first kappa shape index (κ1) is 17.1. The van der Waals surface area contributed by atoms with Crippen molar-refractivity contribution in [2.24, 2.45) is 0 Å². The number of hydrogen-bond donors (Lipinski definition) is 1. The normalized spacial score (nSPS) is 17.0. The second kappa shape index (κ2) is 7.50. The van der Waals surface area contributed by atoms with Crippen molar-refractivity contribution in [3.63, 3.8) is 0 Å². The highest BCUT2D eigenvalue weighted by molar-refractivity contribution is 6.05. The number of carbonyl (C=O) groups is 1. The van der Waals surface area contributed by atoms with Gasteiger partial charge >= 0.3 is 0 Å². The molecule has 3 aromatic rings. The van der Waals surface area contributed by atoms with E-state index in [1.165, 1.54) is 0 Å². The van der Waals surface area contributed by atoms with Gasteiger partial charge in [-0.2, -0.15) is 0 Å². The van der Waals surface area contributed by atoms with E-state index in [9.17, 15) is 9.90 Å². The van der Waals surface area contributed by atoms with Crippen molar-refractivity contribution in [2.75, 3.05) is 6.54 Å². The van der Waals surface area contributed by atoms with E-state index in [1.54, 1.807) is 17.4 Å². The molecule has 5 heteroatoms. The lowest BCUT2D eigenvalue weighted by atomic mass is 9.93. The van der Waals surface area contributed by atoms with Crippen LogP contribution in [-0.4, -0.2) is 32.0 Å². The largest absolute Gasteiger partial charge is 0.503 e. The smallest absolute Gasteiger partial charge is 0.289 e. The summed E-state index contributed by atoms with van der Waals surface area (Å²) in [4.78, 5) is 18.7. The fourth-order valence-electron chi connectivity index (χ4n) is 3.62. The summed E-state index contributed by atoms with van der Waals surface area (Å²) in [5.41, 5.74) is 2.54. The van der Waals surface area contributed by atoms with E-state index >= 15 is 0 Å². The predicted molar refractivity (Wildman–Crippen MR) is 104 cm³/mol. The van der Waals surface area contributed by atoms with Crippen molar-refractivity contribution in [3.8, 4) is 0 Å². The van der Waals surface area contributed by atoms with Crippen LogP contribution in [0, 0.1) is 0 Å². The average Bonchev–Trinajstić information content (AvgIpc) is 3.31. The molecule has 2 aromatic carbocycles. The minimum absolute atomic E-state index is 0.155. The third-order valence-electron chi connectivity index (χ3n) is 4.88. The van der Waals surface area contributed by atoms with Crippen LogP contribution in [0.4, 0.5) is 0 Å². The van der Waals surface area contributed by atoms with Crippen molar-refractivity contribution in [1.29, 1.82) is 0 Å². The van der Waals surface area contributed by atoms with Crippen LogP contribution in [0.3, 0.4) is 0 Å². The maximum atomic E-state index is 12.9. The van der Waals surface area contributed by atoms with Gasteiger partial charge in [-0.15, -0.1) is 0 Å². The molecule has 1 unspecified atom stereocenters. The van der Waals surface area contributed by atoms with Gasteiger partial charge in [0.05, 0.1) is 12.4 Å². The van der Waals surface area contributed by atoms with E-state index in [2.05, 4.69) is 4.98 Å². The number of aromatic nitrogens is 2. The Hall–Kier alpha value is -3.34. The van der Waals surface area contributed by atoms with Gasteiger partial charge in [0.15, 0.2) is 5.76 Å². The third kappa shape index (κ3) is 3.36. The molecule has 136 valence electrons. The van der Waals surface area contributed by atoms with Crippen LogP contribution in [0.15, 0.2) is 85.1 Å². The number of aryl methyl sites for hydroxylation is 1. The highest BCUT2D eigenvalue weighted by atomic mass is 16.3. The molecule has 0 spiro atoms. The summed E-state index contributed by atoms with van der Waals surface area (Å²) < 4.78 is 1.99. The summed E-state index contributed by atoms with van der Waals surface area (Å²) >= 11 is 0. The molecule has 1 amide bonds.